The standard InChI is InChI=1S/C16H17F3N2O2S/c1-9-10(2)12(4)20-15(11(9)3)21-24(22,23)14-7-5-13(6-8-14)16(17,18)19/h5-8H,1-4H3,(H,20,21). The fraction of sp³-hybridized carbons (Fsp3) is 0.312. The minimum atomic E-state index is -4.51. The zero-order chi connectivity index (χ0) is 18.3. The van der Waals surface area contributed by atoms with Crippen molar-refractivity contribution in [1.82, 2.24) is 4.98 Å². The summed E-state index contributed by atoms with van der Waals surface area (Å²) in [4.78, 5) is 3.97. The summed E-state index contributed by atoms with van der Waals surface area (Å²) in [6, 6.07) is 3.32. The molecule has 0 bridgehead atoms. The van der Waals surface area contributed by atoms with E-state index < -0.39 is 21.8 Å². The van der Waals surface area contributed by atoms with E-state index in [-0.39, 0.29) is 10.7 Å². The van der Waals surface area contributed by atoms with Crippen LogP contribution in [0.1, 0.15) is 27.9 Å². The van der Waals surface area contributed by atoms with Gasteiger partial charge in [-0.1, -0.05) is 0 Å². The fourth-order valence-electron chi connectivity index (χ4n) is 2.17. The molecular weight excluding hydrogens is 341 g/mol. The first kappa shape index (κ1) is 18.3. The number of alkyl halides is 3. The number of nitrogens with one attached hydrogen (secondary N) is 1. The molecule has 1 aromatic carbocycles. The normalized spacial score (nSPS) is 12.3. The Bertz CT molecular complexity index is 874. The third-order valence-electron chi connectivity index (χ3n) is 4.03. The summed E-state index contributed by atoms with van der Waals surface area (Å²) in [6.45, 7) is 7.24. The van der Waals surface area contributed by atoms with Gasteiger partial charge in [0.15, 0.2) is 0 Å². The van der Waals surface area contributed by atoms with Crippen LogP contribution in [0.4, 0.5) is 19.0 Å². The summed E-state index contributed by atoms with van der Waals surface area (Å²) >= 11 is 0. The van der Waals surface area contributed by atoms with E-state index in [9.17, 15) is 21.6 Å². The van der Waals surface area contributed by atoms with Crippen LogP contribution in [-0.4, -0.2) is 13.4 Å². The third kappa shape index (κ3) is 3.53. The molecule has 0 amide bonds. The first-order chi connectivity index (χ1) is 10.9. The maximum atomic E-state index is 12.6. The molecule has 0 saturated carbocycles. The highest BCUT2D eigenvalue weighted by Gasteiger charge is 2.30. The maximum Gasteiger partial charge on any atom is 0.416 e. The number of benzene rings is 1. The number of rotatable bonds is 3. The molecule has 0 aliphatic carbocycles. The molecule has 8 heteroatoms. The molecule has 1 N–H and O–H groups in total. The van der Waals surface area contributed by atoms with Gasteiger partial charge in [0.1, 0.15) is 5.82 Å². The smallest absolute Gasteiger partial charge is 0.263 e. The Morgan fingerprint density at radius 1 is 0.917 bits per heavy atom. The highest BCUT2D eigenvalue weighted by molar-refractivity contribution is 7.92. The highest BCUT2D eigenvalue weighted by atomic mass is 32.2. The van der Waals surface area contributed by atoms with Crippen LogP contribution in [0.25, 0.3) is 0 Å². The Balaban J connectivity index is 2.39. The van der Waals surface area contributed by atoms with E-state index in [4.69, 9.17) is 0 Å². The maximum absolute atomic E-state index is 12.6. The summed E-state index contributed by atoms with van der Waals surface area (Å²) in [7, 11) is -4.02. The molecule has 0 spiro atoms. The Labute approximate surface area is 138 Å². The minimum absolute atomic E-state index is 0.176. The number of aromatic nitrogens is 1. The fourth-order valence-corrected chi connectivity index (χ4v) is 3.24. The van der Waals surface area contributed by atoms with Crippen LogP contribution in [0.15, 0.2) is 29.2 Å². The molecule has 0 aliphatic rings. The second-order valence-corrected chi connectivity index (χ2v) is 7.23. The van der Waals surface area contributed by atoms with Crippen molar-refractivity contribution in [2.24, 2.45) is 0 Å². The van der Waals surface area contributed by atoms with Gasteiger partial charge < -0.3 is 0 Å². The molecule has 130 valence electrons. The molecule has 2 aromatic rings. The molecular formula is C16H17F3N2O2S. The lowest BCUT2D eigenvalue weighted by Crippen LogP contribution is -2.16. The van der Waals surface area contributed by atoms with Crippen molar-refractivity contribution in [1.29, 1.82) is 0 Å². The number of aryl methyl sites for hydroxylation is 1. The van der Waals surface area contributed by atoms with Gasteiger partial charge in [-0.05, 0) is 68.7 Å². The summed E-state index contributed by atoms with van der Waals surface area (Å²) in [5.74, 6) is 0.176. The van der Waals surface area contributed by atoms with Crippen molar-refractivity contribution in [3.63, 3.8) is 0 Å². The molecule has 4 nitrogen and oxygen atoms in total. The van der Waals surface area contributed by atoms with Gasteiger partial charge in [-0.3, -0.25) is 4.72 Å². The lowest BCUT2D eigenvalue weighted by atomic mass is 10.0. The van der Waals surface area contributed by atoms with E-state index in [1.807, 2.05) is 13.8 Å². The SMILES string of the molecule is Cc1nc(NS(=O)(=O)c2ccc(C(F)(F)F)cc2)c(C)c(C)c1C. The van der Waals surface area contributed by atoms with E-state index in [2.05, 4.69) is 9.71 Å². The summed E-state index contributed by atoms with van der Waals surface area (Å²) < 4.78 is 64.8. The predicted molar refractivity (Wildman–Crippen MR) is 85.4 cm³/mol. The molecule has 0 aliphatic heterocycles. The first-order valence-corrected chi connectivity index (χ1v) is 8.56. The average Bonchev–Trinajstić information content (AvgIpc) is 2.49. The van der Waals surface area contributed by atoms with Gasteiger partial charge in [-0.2, -0.15) is 13.2 Å². The van der Waals surface area contributed by atoms with Crippen LogP contribution >= 0.6 is 0 Å². The average molecular weight is 358 g/mol. The monoisotopic (exact) mass is 358 g/mol. The van der Waals surface area contributed by atoms with Crippen LogP contribution in [0.2, 0.25) is 0 Å². The number of hydrogen-bond acceptors (Lipinski definition) is 3. The number of hydrogen-bond donors (Lipinski definition) is 1. The van der Waals surface area contributed by atoms with Gasteiger partial charge in [0.05, 0.1) is 10.5 Å². The number of nitrogens with zero attached hydrogens (tertiary/aromatic N) is 1. The van der Waals surface area contributed by atoms with Gasteiger partial charge in [-0.25, -0.2) is 13.4 Å². The van der Waals surface area contributed by atoms with Crippen molar-refractivity contribution < 1.29 is 21.6 Å². The first-order valence-electron chi connectivity index (χ1n) is 7.08. The Morgan fingerprint density at radius 2 is 1.46 bits per heavy atom. The number of anilines is 1. The van der Waals surface area contributed by atoms with Gasteiger partial charge in [0.2, 0.25) is 0 Å². The summed E-state index contributed by atoms with van der Waals surface area (Å²) in [5, 5.41) is 0. The van der Waals surface area contributed by atoms with E-state index in [0.717, 1.165) is 35.4 Å². The highest BCUT2D eigenvalue weighted by Crippen LogP contribution is 2.30. The molecule has 2 rings (SSSR count). The lowest BCUT2D eigenvalue weighted by Gasteiger charge is -2.15. The second kappa shape index (κ2) is 6.08. The minimum Gasteiger partial charge on any atom is -0.263 e. The number of pyridine rings is 1. The predicted octanol–water partition coefficient (Wildman–Crippen LogP) is 4.13. The van der Waals surface area contributed by atoms with Crippen LogP contribution in [0.5, 0.6) is 0 Å². The molecule has 24 heavy (non-hydrogen) atoms. The van der Waals surface area contributed by atoms with Crippen LogP contribution in [0, 0.1) is 27.7 Å². The largest absolute Gasteiger partial charge is 0.416 e. The molecule has 1 aromatic heterocycles. The Hall–Kier alpha value is -2.09. The van der Waals surface area contributed by atoms with E-state index in [1.165, 1.54) is 0 Å². The molecule has 0 radical (unpaired) electrons. The summed E-state index contributed by atoms with van der Waals surface area (Å²) in [6.07, 6.45) is -4.51. The van der Waals surface area contributed by atoms with Crippen molar-refractivity contribution in [3.05, 3.63) is 52.2 Å². The Morgan fingerprint density at radius 3 is 1.96 bits per heavy atom. The van der Waals surface area contributed by atoms with Gasteiger partial charge in [0, 0.05) is 5.69 Å². The lowest BCUT2D eigenvalue weighted by molar-refractivity contribution is -0.137. The van der Waals surface area contributed by atoms with Crippen molar-refractivity contribution in [2.75, 3.05) is 4.72 Å². The zero-order valence-corrected chi connectivity index (χ0v) is 14.4. The number of sulfonamides is 1. The molecule has 0 fully saturated rings. The van der Waals surface area contributed by atoms with Crippen LogP contribution in [-0.2, 0) is 16.2 Å². The third-order valence-corrected chi connectivity index (χ3v) is 5.38. The van der Waals surface area contributed by atoms with Crippen LogP contribution < -0.4 is 4.72 Å². The van der Waals surface area contributed by atoms with Crippen molar-refractivity contribution in [2.45, 2.75) is 38.8 Å². The molecule has 0 saturated heterocycles. The topological polar surface area (TPSA) is 59.1 Å². The van der Waals surface area contributed by atoms with Crippen molar-refractivity contribution >= 4 is 15.8 Å². The van der Waals surface area contributed by atoms with E-state index in [0.29, 0.717) is 11.3 Å². The van der Waals surface area contributed by atoms with Gasteiger partial charge in [-0.15, -0.1) is 0 Å². The van der Waals surface area contributed by atoms with E-state index in [1.54, 1.807) is 13.8 Å². The molecule has 0 unspecified atom stereocenters. The molecule has 1 heterocycles. The number of halogens is 3. The Kier molecular flexibility index (Phi) is 4.63. The zero-order valence-electron chi connectivity index (χ0n) is 13.6. The van der Waals surface area contributed by atoms with E-state index >= 15 is 0 Å². The van der Waals surface area contributed by atoms with Gasteiger partial charge >= 0.3 is 6.18 Å². The second-order valence-electron chi connectivity index (χ2n) is 5.55. The van der Waals surface area contributed by atoms with Crippen LogP contribution in [0.3, 0.4) is 0 Å². The summed E-state index contributed by atoms with van der Waals surface area (Å²) in [5.41, 5.74) is 2.33. The quantitative estimate of drug-likeness (QED) is 0.897. The van der Waals surface area contributed by atoms with Crippen molar-refractivity contribution in [3.8, 4) is 0 Å². The molecule has 0 atom stereocenters. The van der Waals surface area contributed by atoms with Gasteiger partial charge in [0.25, 0.3) is 10.0 Å².